The molecule has 0 saturated carbocycles. The Morgan fingerprint density at radius 2 is 1.79 bits per heavy atom. The molecule has 1 aromatic carbocycles. The molecular formula is C12H16N2. The van der Waals surface area contributed by atoms with Gasteiger partial charge in [0, 0.05) is 0 Å². The van der Waals surface area contributed by atoms with Crippen molar-refractivity contribution in [3.05, 3.63) is 34.4 Å². The second-order valence-corrected chi connectivity index (χ2v) is 3.58. The summed E-state index contributed by atoms with van der Waals surface area (Å²) in [4.78, 5) is 0. The molecule has 0 aliphatic rings. The number of nitriles is 1. The van der Waals surface area contributed by atoms with Crippen LogP contribution in [0.2, 0.25) is 0 Å². The quantitative estimate of drug-likeness (QED) is 0.787. The van der Waals surface area contributed by atoms with Crippen molar-refractivity contribution in [3.8, 4) is 6.07 Å². The molecule has 1 aromatic rings. The molecule has 2 nitrogen and oxygen atoms in total. The van der Waals surface area contributed by atoms with Crippen LogP contribution < -0.4 is 5.73 Å². The Bertz CT molecular complexity index is 361. The molecule has 0 heterocycles. The van der Waals surface area contributed by atoms with Gasteiger partial charge >= 0.3 is 0 Å². The second-order valence-electron chi connectivity index (χ2n) is 3.58. The van der Waals surface area contributed by atoms with E-state index in [9.17, 15) is 0 Å². The van der Waals surface area contributed by atoms with Crippen molar-refractivity contribution in [1.29, 1.82) is 5.26 Å². The van der Waals surface area contributed by atoms with E-state index in [1.165, 1.54) is 16.7 Å². The van der Waals surface area contributed by atoms with Crippen molar-refractivity contribution in [2.75, 3.05) is 6.54 Å². The van der Waals surface area contributed by atoms with Crippen LogP contribution in [0, 0.1) is 25.2 Å². The maximum absolute atomic E-state index is 8.69. The lowest BCUT2D eigenvalue weighted by atomic mass is 9.96. The van der Waals surface area contributed by atoms with Gasteiger partial charge in [-0.25, -0.2) is 0 Å². The molecule has 0 saturated heterocycles. The topological polar surface area (TPSA) is 49.8 Å². The highest BCUT2D eigenvalue weighted by molar-refractivity contribution is 5.38. The molecule has 0 amide bonds. The Kier molecular flexibility index (Phi) is 3.67. The van der Waals surface area contributed by atoms with Crippen LogP contribution in [0.25, 0.3) is 0 Å². The summed E-state index contributed by atoms with van der Waals surface area (Å²) in [5.74, 6) is 0. The first kappa shape index (κ1) is 10.7. The Morgan fingerprint density at radius 3 is 2.29 bits per heavy atom. The zero-order valence-electron chi connectivity index (χ0n) is 8.80. The minimum atomic E-state index is 0.483. The fourth-order valence-corrected chi connectivity index (χ4v) is 1.57. The third-order valence-electron chi connectivity index (χ3n) is 2.50. The molecule has 74 valence electrons. The lowest BCUT2D eigenvalue weighted by Gasteiger charge is -2.09. The van der Waals surface area contributed by atoms with E-state index in [0.717, 1.165) is 12.0 Å². The van der Waals surface area contributed by atoms with E-state index in [4.69, 9.17) is 11.0 Å². The largest absolute Gasteiger partial charge is 0.330 e. The first-order valence-corrected chi connectivity index (χ1v) is 4.85. The lowest BCUT2D eigenvalue weighted by molar-refractivity contribution is 0.945. The van der Waals surface area contributed by atoms with Gasteiger partial charge in [-0.05, 0) is 49.1 Å². The molecule has 14 heavy (non-hydrogen) atoms. The number of nitrogens with two attached hydrogens (primary N) is 1. The monoisotopic (exact) mass is 188 g/mol. The Balaban J connectivity index is 3.11. The van der Waals surface area contributed by atoms with Gasteiger partial charge in [-0.3, -0.25) is 0 Å². The molecule has 0 aliphatic carbocycles. The van der Waals surface area contributed by atoms with Crippen molar-refractivity contribution in [1.82, 2.24) is 0 Å². The molecule has 0 radical (unpaired) electrons. The molecular weight excluding hydrogens is 172 g/mol. The van der Waals surface area contributed by atoms with Crippen molar-refractivity contribution in [2.24, 2.45) is 5.73 Å². The normalized spacial score (nSPS) is 9.86. The molecule has 0 aliphatic heterocycles. The van der Waals surface area contributed by atoms with Crippen LogP contribution in [0.4, 0.5) is 0 Å². The summed E-state index contributed by atoms with van der Waals surface area (Å²) in [5.41, 5.74) is 10.4. The fraction of sp³-hybridized carbons (Fsp3) is 0.417. The molecule has 0 bridgehead atoms. The SMILES string of the molecule is Cc1cc(CC#N)c(CCN)cc1C. The Labute approximate surface area is 85.4 Å². The summed E-state index contributed by atoms with van der Waals surface area (Å²) in [7, 11) is 0. The van der Waals surface area contributed by atoms with E-state index in [1.807, 2.05) is 0 Å². The van der Waals surface area contributed by atoms with Crippen LogP contribution in [-0.4, -0.2) is 6.54 Å². The summed E-state index contributed by atoms with van der Waals surface area (Å²) in [6.45, 7) is 4.80. The van der Waals surface area contributed by atoms with E-state index in [0.29, 0.717) is 13.0 Å². The van der Waals surface area contributed by atoms with Gasteiger partial charge in [0.15, 0.2) is 0 Å². The van der Waals surface area contributed by atoms with Gasteiger partial charge in [0.05, 0.1) is 12.5 Å². The predicted molar refractivity (Wildman–Crippen MR) is 58.0 cm³/mol. The number of benzene rings is 1. The van der Waals surface area contributed by atoms with Gasteiger partial charge in [-0.1, -0.05) is 12.1 Å². The van der Waals surface area contributed by atoms with E-state index in [1.54, 1.807) is 0 Å². The van der Waals surface area contributed by atoms with Crippen molar-refractivity contribution >= 4 is 0 Å². The highest BCUT2D eigenvalue weighted by Crippen LogP contribution is 2.16. The van der Waals surface area contributed by atoms with E-state index >= 15 is 0 Å². The smallest absolute Gasteiger partial charge is 0.0669 e. The second kappa shape index (κ2) is 4.78. The molecule has 0 aromatic heterocycles. The minimum Gasteiger partial charge on any atom is -0.330 e. The highest BCUT2D eigenvalue weighted by atomic mass is 14.5. The van der Waals surface area contributed by atoms with Gasteiger partial charge < -0.3 is 5.73 Å². The van der Waals surface area contributed by atoms with Crippen molar-refractivity contribution in [2.45, 2.75) is 26.7 Å². The average Bonchev–Trinajstić information content (AvgIpc) is 2.14. The van der Waals surface area contributed by atoms with Gasteiger partial charge in [-0.15, -0.1) is 0 Å². The van der Waals surface area contributed by atoms with Crippen LogP contribution in [0.15, 0.2) is 12.1 Å². The van der Waals surface area contributed by atoms with E-state index in [2.05, 4.69) is 32.0 Å². The summed E-state index contributed by atoms with van der Waals surface area (Å²) in [5, 5.41) is 8.69. The van der Waals surface area contributed by atoms with Crippen LogP contribution in [0.3, 0.4) is 0 Å². The molecule has 2 N–H and O–H groups in total. The number of aryl methyl sites for hydroxylation is 2. The molecule has 0 unspecified atom stereocenters. The number of nitrogens with zero attached hydrogens (tertiary/aromatic N) is 1. The van der Waals surface area contributed by atoms with E-state index < -0.39 is 0 Å². The van der Waals surface area contributed by atoms with Gasteiger partial charge in [0.2, 0.25) is 0 Å². The average molecular weight is 188 g/mol. The third-order valence-corrected chi connectivity index (χ3v) is 2.50. The van der Waals surface area contributed by atoms with E-state index in [-0.39, 0.29) is 0 Å². The molecule has 1 rings (SSSR count). The predicted octanol–water partition coefficient (Wildman–Crippen LogP) is 1.87. The molecule has 0 fully saturated rings. The fourth-order valence-electron chi connectivity index (χ4n) is 1.57. The number of rotatable bonds is 3. The highest BCUT2D eigenvalue weighted by Gasteiger charge is 2.04. The van der Waals surface area contributed by atoms with Crippen LogP contribution in [0.5, 0.6) is 0 Å². The summed E-state index contributed by atoms with van der Waals surface area (Å²) < 4.78 is 0. The van der Waals surface area contributed by atoms with Crippen LogP contribution in [0.1, 0.15) is 22.3 Å². The number of hydrogen-bond acceptors (Lipinski definition) is 2. The zero-order chi connectivity index (χ0) is 10.6. The maximum atomic E-state index is 8.69. The molecule has 2 heteroatoms. The Morgan fingerprint density at radius 1 is 1.21 bits per heavy atom. The molecule has 0 atom stereocenters. The molecule has 0 spiro atoms. The summed E-state index contributed by atoms with van der Waals surface area (Å²) in [6.07, 6.45) is 1.34. The van der Waals surface area contributed by atoms with Gasteiger partial charge in [0.1, 0.15) is 0 Å². The first-order chi connectivity index (χ1) is 6.69. The van der Waals surface area contributed by atoms with Gasteiger partial charge in [-0.2, -0.15) is 5.26 Å². The van der Waals surface area contributed by atoms with Crippen molar-refractivity contribution in [3.63, 3.8) is 0 Å². The first-order valence-electron chi connectivity index (χ1n) is 4.85. The minimum absolute atomic E-state index is 0.483. The third kappa shape index (κ3) is 2.34. The lowest BCUT2D eigenvalue weighted by Crippen LogP contribution is -2.06. The zero-order valence-corrected chi connectivity index (χ0v) is 8.80. The number of hydrogen-bond donors (Lipinski definition) is 1. The van der Waals surface area contributed by atoms with Crippen LogP contribution >= 0.6 is 0 Å². The summed E-state index contributed by atoms with van der Waals surface area (Å²) in [6, 6.07) is 6.44. The van der Waals surface area contributed by atoms with Gasteiger partial charge in [0.25, 0.3) is 0 Å². The standard InChI is InChI=1S/C12H16N2/c1-9-7-11(3-5-13)12(4-6-14)8-10(9)2/h7-8H,3-5,13H2,1-2H3. The summed E-state index contributed by atoms with van der Waals surface area (Å²) >= 11 is 0. The van der Waals surface area contributed by atoms with Crippen LogP contribution in [-0.2, 0) is 12.8 Å². The van der Waals surface area contributed by atoms with Crippen molar-refractivity contribution < 1.29 is 0 Å². The maximum Gasteiger partial charge on any atom is 0.0669 e. The Hall–Kier alpha value is -1.33.